The number of benzene rings is 1. The van der Waals surface area contributed by atoms with E-state index in [1.54, 1.807) is 19.2 Å². The molecule has 5 nitrogen and oxygen atoms in total. The standard InChI is InChI=1S/C12H17ClN2O3/c1-4-14-12(16)7-15-9-5-8(13)10(17-2)6-11(9)18-3/h5-6,15H,4,7H2,1-3H3,(H,14,16). The molecule has 1 aromatic rings. The molecule has 0 spiro atoms. The molecule has 0 heterocycles. The van der Waals surface area contributed by atoms with Gasteiger partial charge in [0.1, 0.15) is 11.5 Å². The topological polar surface area (TPSA) is 59.6 Å². The maximum Gasteiger partial charge on any atom is 0.239 e. The van der Waals surface area contributed by atoms with Crippen molar-refractivity contribution in [3.8, 4) is 11.5 Å². The van der Waals surface area contributed by atoms with E-state index in [2.05, 4.69) is 10.6 Å². The molecule has 2 N–H and O–H groups in total. The van der Waals surface area contributed by atoms with Gasteiger partial charge in [-0.15, -0.1) is 0 Å². The highest BCUT2D eigenvalue weighted by Crippen LogP contribution is 2.35. The number of nitrogens with one attached hydrogen (secondary N) is 2. The molecule has 1 amide bonds. The molecule has 0 bridgehead atoms. The zero-order valence-corrected chi connectivity index (χ0v) is 11.4. The van der Waals surface area contributed by atoms with Gasteiger partial charge >= 0.3 is 0 Å². The predicted molar refractivity (Wildman–Crippen MR) is 71.7 cm³/mol. The van der Waals surface area contributed by atoms with Gasteiger partial charge < -0.3 is 20.1 Å². The summed E-state index contributed by atoms with van der Waals surface area (Å²) in [6.07, 6.45) is 0. The summed E-state index contributed by atoms with van der Waals surface area (Å²) >= 11 is 6.01. The number of hydrogen-bond donors (Lipinski definition) is 2. The average molecular weight is 273 g/mol. The number of hydrogen-bond acceptors (Lipinski definition) is 4. The molecular formula is C12H17ClN2O3. The third-order valence-corrected chi connectivity index (χ3v) is 2.58. The molecule has 18 heavy (non-hydrogen) atoms. The minimum absolute atomic E-state index is 0.0912. The quantitative estimate of drug-likeness (QED) is 0.830. The number of rotatable bonds is 6. The first-order valence-electron chi connectivity index (χ1n) is 5.54. The Hall–Kier alpha value is -1.62. The van der Waals surface area contributed by atoms with E-state index in [-0.39, 0.29) is 12.5 Å². The van der Waals surface area contributed by atoms with Crippen molar-refractivity contribution in [2.24, 2.45) is 0 Å². The summed E-state index contributed by atoms with van der Waals surface area (Å²) in [6, 6.07) is 3.33. The Kier molecular flexibility index (Phi) is 5.58. The summed E-state index contributed by atoms with van der Waals surface area (Å²) in [6.45, 7) is 2.62. The van der Waals surface area contributed by atoms with E-state index in [9.17, 15) is 4.79 Å². The van der Waals surface area contributed by atoms with E-state index < -0.39 is 0 Å². The Labute approximate surface area is 111 Å². The van der Waals surface area contributed by atoms with E-state index in [0.717, 1.165) is 0 Å². The number of methoxy groups -OCH3 is 2. The molecule has 0 aliphatic heterocycles. The van der Waals surface area contributed by atoms with Gasteiger partial charge in [0, 0.05) is 12.6 Å². The van der Waals surface area contributed by atoms with Gasteiger partial charge in [-0.2, -0.15) is 0 Å². The lowest BCUT2D eigenvalue weighted by molar-refractivity contribution is -0.119. The van der Waals surface area contributed by atoms with E-state index in [0.29, 0.717) is 28.8 Å². The van der Waals surface area contributed by atoms with Crippen LogP contribution >= 0.6 is 11.6 Å². The summed E-state index contributed by atoms with van der Waals surface area (Å²) in [5, 5.41) is 6.11. The molecular weight excluding hydrogens is 256 g/mol. The van der Waals surface area contributed by atoms with Gasteiger partial charge in [-0.05, 0) is 13.0 Å². The van der Waals surface area contributed by atoms with Crippen LogP contribution in [0.4, 0.5) is 5.69 Å². The third kappa shape index (κ3) is 3.70. The lowest BCUT2D eigenvalue weighted by Gasteiger charge is -2.13. The fourth-order valence-electron chi connectivity index (χ4n) is 1.43. The summed E-state index contributed by atoms with van der Waals surface area (Å²) in [4.78, 5) is 11.4. The highest BCUT2D eigenvalue weighted by atomic mass is 35.5. The van der Waals surface area contributed by atoms with Crippen molar-refractivity contribution in [2.45, 2.75) is 6.92 Å². The Morgan fingerprint density at radius 2 is 1.94 bits per heavy atom. The van der Waals surface area contributed by atoms with Crippen LogP contribution in [0.3, 0.4) is 0 Å². The molecule has 1 rings (SSSR count). The van der Waals surface area contributed by atoms with Gasteiger partial charge in [0.2, 0.25) is 5.91 Å². The van der Waals surface area contributed by atoms with Crippen LogP contribution in [0.5, 0.6) is 11.5 Å². The van der Waals surface area contributed by atoms with E-state index in [4.69, 9.17) is 21.1 Å². The Morgan fingerprint density at radius 1 is 1.28 bits per heavy atom. The number of amides is 1. The maximum atomic E-state index is 11.4. The lowest BCUT2D eigenvalue weighted by atomic mass is 10.2. The molecule has 0 saturated heterocycles. The molecule has 0 aliphatic rings. The van der Waals surface area contributed by atoms with Gasteiger partial charge in [0.25, 0.3) is 0 Å². The first-order valence-corrected chi connectivity index (χ1v) is 5.92. The first-order chi connectivity index (χ1) is 8.62. The SMILES string of the molecule is CCNC(=O)CNc1cc(Cl)c(OC)cc1OC. The van der Waals surface area contributed by atoms with E-state index >= 15 is 0 Å². The second-order valence-electron chi connectivity index (χ2n) is 3.49. The van der Waals surface area contributed by atoms with E-state index in [1.807, 2.05) is 6.92 Å². The molecule has 0 fully saturated rings. The highest BCUT2D eigenvalue weighted by Gasteiger charge is 2.10. The summed E-state index contributed by atoms with van der Waals surface area (Å²) < 4.78 is 10.3. The summed E-state index contributed by atoms with van der Waals surface area (Å²) in [5.41, 5.74) is 0.648. The van der Waals surface area contributed by atoms with Crippen LogP contribution in [0, 0.1) is 0 Å². The largest absolute Gasteiger partial charge is 0.495 e. The Bertz CT molecular complexity index is 424. The molecule has 0 atom stereocenters. The van der Waals surface area contributed by atoms with Crippen LogP contribution in [0.15, 0.2) is 12.1 Å². The summed E-state index contributed by atoms with van der Waals surface area (Å²) in [5.74, 6) is 1.00. The molecule has 1 aromatic carbocycles. The molecule has 0 radical (unpaired) electrons. The predicted octanol–water partition coefficient (Wildman–Crippen LogP) is 1.91. The zero-order chi connectivity index (χ0) is 13.5. The van der Waals surface area contributed by atoms with Crippen molar-refractivity contribution >= 4 is 23.2 Å². The minimum atomic E-state index is -0.0912. The van der Waals surface area contributed by atoms with Crippen LogP contribution in [0.25, 0.3) is 0 Å². The molecule has 6 heteroatoms. The fourth-order valence-corrected chi connectivity index (χ4v) is 1.67. The van der Waals surface area contributed by atoms with Gasteiger partial charge in [-0.3, -0.25) is 4.79 Å². The van der Waals surface area contributed by atoms with Gasteiger partial charge in [-0.1, -0.05) is 11.6 Å². The molecule has 0 saturated carbocycles. The first kappa shape index (κ1) is 14.4. The second-order valence-corrected chi connectivity index (χ2v) is 3.90. The van der Waals surface area contributed by atoms with Crippen molar-refractivity contribution in [3.63, 3.8) is 0 Å². The van der Waals surface area contributed by atoms with Crippen LogP contribution < -0.4 is 20.1 Å². The number of ether oxygens (including phenoxy) is 2. The second kappa shape index (κ2) is 6.96. The van der Waals surface area contributed by atoms with Crippen LogP contribution in [0.2, 0.25) is 5.02 Å². The normalized spacial score (nSPS) is 9.78. The molecule has 100 valence electrons. The number of halogens is 1. The highest BCUT2D eigenvalue weighted by molar-refractivity contribution is 6.32. The molecule has 0 unspecified atom stereocenters. The van der Waals surface area contributed by atoms with Crippen molar-refractivity contribution in [3.05, 3.63) is 17.2 Å². The minimum Gasteiger partial charge on any atom is -0.495 e. The Balaban J connectivity index is 2.81. The number of likely N-dealkylation sites (N-methyl/N-ethyl adjacent to an activating group) is 1. The Morgan fingerprint density at radius 3 is 2.50 bits per heavy atom. The van der Waals surface area contributed by atoms with Crippen molar-refractivity contribution in [1.82, 2.24) is 5.32 Å². The van der Waals surface area contributed by atoms with Crippen molar-refractivity contribution in [2.75, 3.05) is 32.6 Å². The van der Waals surface area contributed by atoms with Crippen molar-refractivity contribution in [1.29, 1.82) is 0 Å². The monoisotopic (exact) mass is 272 g/mol. The fraction of sp³-hybridized carbons (Fsp3) is 0.417. The lowest BCUT2D eigenvalue weighted by Crippen LogP contribution is -2.29. The number of carbonyl (C=O) groups is 1. The van der Waals surface area contributed by atoms with Crippen LogP contribution in [0.1, 0.15) is 6.92 Å². The average Bonchev–Trinajstić information content (AvgIpc) is 2.36. The molecule has 0 aliphatic carbocycles. The number of carbonyl (C=O) groups excluding carboxylic acids is 1. The molecule has 0 aromatic heterocycles. The van der Waals surface area contributed by atoms with Gasteiger partial charge in [0.05, 0.1) is 31.5 Å². The van der Waals surface area contributed by atoms with Crippen molar-refractivity contribution < 1.29 is 14.3 Å². The van der Waals surface area contributed by atoms with Gasteiger partial charge in [-0.25, -0.2) is 0 Å². The number of anilines is 1. The smallest absolute Gasteiger partial charge is 0.239 e. The van der Waals surface area contributed by atoms with Crippen LogP contribution in [-0.4, -0.2) is 33.2 Å². The van der Waals surface area contributed by atoms with Gasteiger partial charge in [0.15, 0.2) is 0 Å². The third-order valence-electron chi connectivity index (χ3n) is 2.29. The zero-order valence-electron chi connectivity index (χ0n) is 10.7. The maximum absolute atomic E-state index is 11.4. The van der Waals surface area contributed by atoms with E-state index in [1.165, 1.54) is 7.11 Å². The summed E-state index contributed by atoms with van der Waals surface area (Å²) in [7, 11) is 3.07. The van der Waals surface area contributed by atoms with Crippen LogP contribution in [-0.2, 0) is 4.79 Å².